The molecule has 3 amide bonds. The van der Waals surface area contributed by atoms with Gasteiger partial charge in [-0.2, -0.15) is 0 Å². The summed E-state index contributed by atoms with van der Waals surface area (Å²) in [6.07, 6.45) is 0.572. The fourth-order valence-electron chi connectivity index (χ4n) is 0.866. The topological polar surface area (TPSA) is 87.5 Å². The van der Waals surface area contributed by atoms with E-state index in [1.807, 2.05) is 6.92 Å². The number of hydrogen-bond acceptors (Lipinski definition) is 3. The van der Waals surface area contributed by atoms with E-state index in [-0.39, 0.29) is 11.9 Å². The molecular formula is C10H22N4O2. The van der Waals surface area contributed by atoms with E-state index in [4.69, 9.17) is 5.73 Å². The highest BCUT2D eigenvalue weighted by Crippen LogP contribution is 2.03. The van der Waals surface area contributed by atoms with Gasteiger partial charge in [-0.15, -0.1) is 0 Å². The number of carbonyl (C=O) groups is 2. The summed E-state index contributed by atoms with van der Waals surface area (Å²) in [5.74, 6) is -0.200. The molecule has 6 heteroatoms. The highest BCUT2D eigenvalue weighted by molar-refractivity contribution is 5.85. The molecule has 1 unspecified atom stereocenters. The van der Waals surface area contributed by atoms with Crippen molar-refractivity contribution in [3.8, 4) is 0 Å². The molecule has 0 fully saturated rings. The standard InChI is InChI=1S/C10H22N4O2/c1-5-10(2,11)8(15)12-6-7-13-9(16)14(3)4/h5-7,11H2,1-4H3,(H,12,15)(H,13,16). The molecule has 16 heavy (non-hydrogen) atoms. The smallest absolute Gasteiger partial charge is 0.316 e. The zero-order chi connectivity index (χ0) is 12.8. The Morgan fingerprint density at radius 1 is 1.25 bits per heavy atom. The van der Waals surface area contributed by atoms with Gasteiger partial charge in [0.2, 0.25) is 5.91 Å². The zero-order valence-electron chi connectivity index (χ0n) is 10.5. The first-order valence-electron chi connectivity index (χ1n) is 5.33. The average molecular weight is 230 g/mol. The van der Waals surface area contributed by atoms with E-state index in [0.717, 1.165) is 0 Å². The van der Waals surface area contributed by atoms with Crippen molar-refractivity contribution in [1.29, 1.82) is 0 Å². The number of nitrogens with zero attached hydrogens (tertiary/aromatic N) is 1. The van der Waals surface area contributed by atoms with Crippen LogP contribution in [0.3, 0.4) is 0 Å². The van der Waals surface area contributed by atoms with E-state index in [2.05, 4.69) is 10.6 Å². The molecule has 0 spiro atoms. The van der Waals surface area contributed by atoms with Crippen molar-refractivity contribution in [2.75, 3.05) is 27.2 Å². The molecule has 4 N–H and O–H groups in total. The Labute approximate surface area is 96.5 Å². The average Bonchev–Trinajstić information content (AvgIpc) is 2.23. The molecule has 0 aromatic carbocycles. The molecule has 6 nitrogen and oxygen atoms in total. The molecule has 0 saturated carbocycles. The minimum absolute atomic E-state index is 0.180. The van der Waals surface area contributed by atoms with Crippen LogP contribution in [0.2, 0.25) is 0 Å². The lowest BCUT2D eigenvalue weighted by atomic mass is 10.00. The molecule has 0 radical (unpaired) electrons. The minimum atomic E-state index is -0.842. The van der Waals surface area contributed by atoms with Crippen LogP contribution in [-0.2, 0) is 4.79 Å². The first-order chi connectivity index (χ1) is 7.31. The summed E-state index contributed by atoms with van der Waals surface area (Å²) in [6.45, 7) is 4.31. The monoisotopic (exact) mass is 230 g/mol. The summed E-state index contributed by atoms with van der Waals surface area (Å²) >= 11 is 0. The van der Waals surface area contributed by atoms with Crippen molar-refractivity contribution in [2.24, 2.45) is 5.73 Å². The molecule has 1 atom stereocenters. The molecule has 0 aliphatic carbocycles. The van der Waals surface area contributed by atoms with Crippen LogP contribution in [0.15, 0.2) is 0 Å². The third-order valence-electron chi connectivity index (χ3n) is 2.35. The second kappa shape index (κ2) is 6.32. The van der Waals surface area contributed by atoms with Crippen LogP contribution in [0.25, 0.3) is 0 Å². The summed E-state index contributed by atoms with van der Waals surface area (Å²) in [7, 11) is 3.31. The van der Waals surface area contributed by atoms with E-state index in [0.29, 0.717) is 19.5 Å². The van der Waals surface area contributed by atoms with Crippen LogP contribution in [-0.4, -0.2) is 49.6 Å². The first-order valence-corrected chi connectivity index (χ1v) is 5.33. The maximum absolute atomic E-state index is 11.5. The molecule has 0 heterocycles. The van der Waals surface area contributed by atoms with E-state index in [9.17, 15) is 9.59 Å². The number of rotatable bonds is 5. The third-order valence-corrected chi connectivity index (χ3v) is 2.35. The van der Waals surface area contributed by atoms with Gasteiger partial charge in [0, 0.05) is 27.2 Å². The third kappa shape index (κ3) is 4.97. The summed E-state index contributed by atoms with van der Waals surface area (Å²) in [5.41, 5.74) is 4.90. The Bertz CT molecular complexity index is 251. The molecule has 0 aliphatic heterocycles. The van der Waals surface area contributed by atoms with Gasteiger partial charge in [-0.05, 0) is 13.3 Å². The minimum Gasteiger partial charge on any atom is -0.353 e. The van der Waals surface area contributed by atoms with E-state index >= 15 is 0 Å². The summed E-state index contributed by atoms with van der Waals surface area (Å²) in [5, 5.41) is 5.31. The van der Waals surface area contributed by atoms with Crippen LogP contribution >= 0.6 is 0 Å². The number of carbonyl (C=O) groups excluding carboxylic acids is 2. The molecular weight excluding hydrogens is 208 g/mol. The van der Waals surface area contributed by atoms with Crippen LogP contribution in [0.1, 0.15) is 20.3 Å². The molecule has 94 valence electrons. The Kier molecular flexibility index (Phi) is 5.81. The van der Waals surface area contributed by atoms with Gasteiger partial charge in [0.1, 0.15) is 0 Å². The molecule has 0 saturated heterocycles. The Hall–Kier alpha value is -1.30. The first kappa shape index (κ1) is 14.7. The van der Waals surface area contributed by atoms with Gasteiger partial charge < -0.3 is 21.3 Å². The largest absolute Gasteiger partial charge is 0.353 e. The van der Waals surface area contributed by atoms with Crippen molar-refractivity contribution in [3.05, 3.63) is 0 Å². The van der Waals surface area contributed by atoms with Crippen LogP contribution in [0, 0.1) is 0 Å². The van der Waals surface area contributed by atoms with Crippen molar-refractivity contribution >= 4 is 11.9 Å². The SMILES string of the molecule is CCC(C)(N)C(=O)NCCNC(=O)N(C)C. The number of amides is 3. The van der Waals surface area contributed by atoms with Gasteiger partial charge in [-0.3, -0.25) is 4.79 Å². The fraction of sp³-hybridized carbons (Fsp3) is 0.800. The highest BCUT2D eigenvalue weighted by atomic mass is 16.2. The Morgan fingerprint density at radius 3 is 2.19 bits per heavy atom. The number of hydrogen-bond donors (Lipinski definition) is 3. The van der Waals surface area contributed by atoms with E-state index in [1.54, 1.807) is 21.0 Å². The second-order valence-electron chi connectivity index (χ2n) is 4.15. The van der Waals surface area contributed by atoms with Crippen molar-refractivity contribution < 1.29 is 9.59 Å². The van der Waals surface area contributed by atoms with Crippen LogP contribution in [0.5, 0.6) is 0 Å². The van der Waals surface area contributed by atoms with Crippen LogP contribution in [0.4, 0.5) is 4.79 Å². The summed E-state index contributed by atoms with van der Waals surface area (Å²) in [6, 6.07) is -0.180. The van der Waals surface area contributed by atoms with Gasteiger partial charge in [-0.25, -0.2) is 4.79 Å². The predicted octanol–water partition coefficient (Wildman–Crippen LogP) is -0.499. The number of urea groups is 1. The van der Waals surface area contributed by atoms with Gasteiger partial charge in [-0.1, -0.05) is 6.92 Å². The molecule has 0 aromatic rings. The van der Waals surface area contributed by atoms with Crippen molar-refractivity contribution in [2.45, 2.75) is 25.8 Å². The van der Waals surface area contributed by atoms with Gasteiger partial charge in [0.25, 0.3) is 0 Å². The highest BCUT2D eigenvalue weighted by Gasteiger charge is 2.25. The Morgan fingerprint density at radius 2 is 1.75 bits per heavy atom. The lowest BCUT2D eigenvalue weighted by Gasteiger charge is -2.21. The Balaban J connectivity index is 3.76. The zero-order valence-corrected chi connectivity index (χ0v) is 10.5. The van der Waals surface area contributed by atoms with Gasteiger partial charge >= 0.3 is 6.03 Å². The lowest BCUT2D eigenvalue weighted by Crippen LogP contribution is -2.52. The normalized spacial score (nSPS) is 13.8. The molecule has 0 aromatic heterocycles. The maximum atomic E-state index is 11.5. The quantitative estimate of drug-likeness (QED) is 0.556. The van der Waals surface area contributed by atoms with Gasteiger partial charge in [0.05, 0.1) is 5.54 Å². The van der Waals surface area contributed by atoms with Crippen LogP contribution < -0.4 is 16.4 Å². The van der Waals surface area contributed by atoms with Gasteiger partial charge in [0.15, 0.2) is 0 Å². The van der Waals surface area contributed by atoms with Crippen molar-refractivity contribution in [3.63, 3.8) is 0 Å². The summed E-state index contributed by atoms with van der Waals surface area (Å²) in [4.78, 5) is 24.1. The lowest BCUT2D eigenvalue weighted by molar-refractivity contribution is -0.125. The maximum Gasteiger partial charge on any atom is 0.316 e. The number of nitrogens with one attached hydrogen (secondary N) is 2. The van der Waals surface area contributed by atoms with Crippen molar-refractivity contribution in [1.82, 2.24) is 15.5 Å². The fourth-order valence-corrected chi connectivity index (χ4v) is 0.866. The molecule has 0 rings (SSSR count). The summed E-state index contributed by atoms with van der Waals surface area (Å²) < 4.78 is 0. The van der Waals surface area contributed by atoms with E-state index < -0.39 is 5.54 Å². The number of nitrogens with two attached hydrogens (primary N) is 1. The molecule has 0 aliphatic rings. The van der Waals surface area contributed by atoms with E-state index in [1.165, 1.54) is 4.90 Å². The second-order valence-corrected chi connectivity index (χ2v) is 4.15. The molecule has 0 bridgehead atoms. The predicted molar refractivity (Wildman–Crippen MR) is 63.0 cm³/mol.